The number of para-hydroxylation sites is 1. The largest absolute Gasteiger partial charge is 0.492 e. The van der Waals surface area contributed by atoms with E-state index >= 15 is 0 Å². The van der Waals surface area contributed by atoms with Gasteiger partial charge in [0.15, 0.2) is 0 Å². The van der Waals surface area contributed by atoms with Gasteiger partial charge in [-0.15, -0.1) is 0 Å². The average molecular weight is 344 g/mol. The molecule has 0 aliphatic carbocycles. The van der Waals surface area contributed by atoms with Crippen molar-refractivity contribution in [2.24, 2.45) is 10.9 Å². The third-order valence-electron chi connectivity index (χ3n) is 4.57. The van der Waals surface area contributed by atoms with Crippen LogP contribution in [0.25, 0.3) is 0 Å². The van der Waals surface area contributed by atoms with Gasteiger partial charge in [0.05, 0.1) is 5.92 Å². The lowest BCUT2D eigenvalue weighted by Crippen LogP contribution is -2.30. The summed E-state index contributed by atoms with van der Waals surface area (Å²) in [6, 6.07) is 23.7. The minimum Gasteiger partial charge on any atom is -0.492 e. The highest BCUT2D eigenvalue weighted by Crippen LogP contribution is 2.27. The molecule has 2 aromatic carbocycles. The normalized spacial score (nSPS) is 16.6. The minimum absolute atomic E-state index is 0.132. The monoisotopic (exact) mass is 344 g/mol. The third kappa shape index (κ3) is 3.59. The van der Waals surface area contributed by atoms with Crippen LogP contribution >= 0.6 is 0 Å². The zero-order valence-corrected chi connectivity index (χ0v) is 14.4. The summed E-state index contributed by atoms with van der Waals surface area (Å²) >= 11 is 0. The molecule has 1 unspecified atom stereocenters. The Hall–Kier alpha value is -3.14. The summed E-state index contributed by atoms with van der Waals surface area (Å²) in [5.41, 5.74) is 2.90. The fraction of sp³-hybridized carbons (Fsp3) is 0.182. The van der Waals surface area contributed by atoms with E-state index in [0.717, 1.165) is 11.3 Å². The lowest BCUT2D eigenvalue weighted by Gasteiger charge is -2.22. The van der Waals surface area contributed by atoms with E-state index in [0.29, 0.717) is 25.1 Å². The molecule has 1 aromatic heterocycles. The molecule has 0 fully saturated rings. The molecule has 1 amide bonds. The molecular weight excluding hydrogens is 324 g/mol. The highest BCUT2D eigenvalue weighted by molar-refractivity contribution is 5.80. The molecule has 0 bridgehead atoms. The Balaban J connectivity index is 1.58. The van der Waals surface area contributed by atoms with Crippen molar-refractivity contribution in [2.45, 2.75) is 13.0 Å². The van der Waals surface area contributed by atoms with Crippen LogP contribution in [0.15, 0.2) is 84.0 Å². The van der Waals surface area contributed by atoms with Gasteiger partial charge in [-0.2, -0.15) is 4.99 Å². The number of benzene rings is 2. The number of hydrogen-bond donors (Lipinski definition) is 0. The first kappa shape index (κ1) is 16.3. The fourth-order valence-electron chi connectivity index (χ4n) is 3.17. The predicted molar refractivity (Wildman–Crippen MR) is 99.7 cm³/mol. The zero-order chi connectivity index (χ0) is 17.8. The highest BCUT2D eigenvalue weighted by Gasteiger charge is 2.25. The molecule has 1 aliphatic heterocycles. The summed E-state index contributed by atoms with van der Waals surface area (Å²) in [5.74, 6) is 0.498. The second-order valence-electron chi connectivity index (χ2n) is 6.44. The number of carbonyl (C=O) groups excluding carboxylic acids is 1. The van der Waals surface area contributed by atoms with Crippen molar-refractivity contribution in [2.75, 3.05) is 6.61 Å². The summed E-state index contributed by atoms with van der Waals surface area (Å²) < 4.78 is 7.72. The Morgan fingerprint density at radius 1 is 1.00 bits per heavy atom. The fourth-order valence-corrected chi connectivity index (χ4v) is 3.17. The van der Waals surface area contributed by atoms with E-state index in [2.05, 4.69) is 17.1 Å². The molecule has 0 N–H and O–H groups in total. The number of amides is 1. The van der Waals surface area contributed by atoms with Crippen LogP contribution in [0, 0.1) is 5.92 Å². The molecule has 0 spiro atoms. The summed E-state index contributed by atoms with van der Waals surface area (Å²) in [7, 11) is 0. The van der Waals surface area contributed by atoms with Crippen LogP contribution in [0.4, 0.5) is 0 Å². The lowest BCUT2D eigenvalue weighted by atomic mass is 9.96. The first-order chi connectivity index (χ1) is 12.8. The smallest absolute Gasteiger partial charge is 0.254 e. The van der Waals surface area contributed by atoms with Gasteiger partial charge in [0.25, 0.3) is 5.91 Å². The molecule has 4 rings (SSSR count). The first-order valence-electron chi connectivity index (χ1n) is 8.78. The lowest BCUT2D eigenvalue weighted by molar-refractivity contribution is -0.123. The molecule has 0 radical (unpaired) electrons. The quantitative estimate of drug-likeness (QED) is 0.732. The van der Waals surface area contributed by atoms with Crippen molar-refractivity contribution in [1.82, 2.24) is 4.57 Å². The number of hydrogen-bond acceptors (Lipinski definition) is 2. The van der Waals surface area contributed by atoms with Crippen molar-refractivity contribution >= 4 is 5.91 Å². The Morgan fingerprint density at radius 3 is 2.65 bits per heavy atom. The average Bonchev–Trinajstić information content (AvgIpc) is 2.70. The second kappa shape index (κ2) is 7.40. The minimum atomic E-state index is -0.240. The number of rotatable bonds is 3. The number of ether oxygens (including phenoxy) is 1. The van der Waals surface area contributed by atoms with Crippen molar-refractivity contribution in [3.63, 3.8) is 0 Å². The van der Waals surface area contributed by atoms with E-state index < -0.39 is 0 Å². The van der Waals surface area contributed by atoms with E-state index in [4.69, 9.17) is 4.74 Å². The Bertz CT molecular complexity index is 976. The SMILES string of the molecule is O=C(N=c1ccccn1Cc1ccccc1)C1COc2ccccc2C1. The molecule has 130 valence electrons. The van der Waals surface area contributed by atoms with Gasteiger partial charge in [0.2, 0.25) is 0 Å². The third-order valence-corrected chi connectivity index (χ3v) is 4.57. The maximum absolute atomic E-state index is 12.7. The number of nitrogens with zero attached hydrogens (tertiary/aromatic N) is 2. The van der Waals surface area contributed by atoms with E-state index in [9.17, 15) is 4.79 Å². The van der Waals surface area contributed by atoms with Gasteiger partial charge in [-0.05, 0) is 35.7 Å². The first-order valence-corrected chi connectivity index (χ1v) is 8.78. The van der Waals surface area contributed by atoms with E-state index in [1.54, 1.807) is 0 Å². The van der Waals surface area contributed by atoms with Crippen molar-refractivity contribution in [3.05, 3.63) is 95.6 Å². The van der Waals surface area contributed by atoms with E-state index in [-0.39, 0.29) is 11.8 Å². The molecule has 4 nitrogen and oxygen atoms in total. The Morgan fingerprint density at radius 2 is 1.77 bits per heavy atom. The maximum atomic E-state index is 12.7. The Kier molecular flexibility index (Phi) is 4.65. The van der Waals surface area contributed by atoms with Gasteiger partial charge in [-0.1, -0.05) is 54.6 Å². The van der Waals surface area contributed by atoms with Crippen LogP contribution < -0.4 is 10.2 Å². The van der Waals surface area contributed by atoms with Crippen LogP contribution in [0.5, 0.6) is 5.75 Å². The summed E-state index contributed by atoms with van der Waals surface area (Å²) in [4.78, 5) is 17.1. The van der Waals surface area contributed by atoms with Crippen molar-refractivity contribution in [3.8, 4) is 5.75 Å². The highest BCUT2D eigenvalue weighted by atomic mass is 16.5. The van der Waals surface area contributed by atoms with Crippen LogP contribution in [0.1, 0.15) is 11.1 Å². The topological polar surface area (TPSA) is 43.6 Å². The summed E-state index contributed by atoms with van der Waals surface area (Å²) in [6.45, 7) is 1.06. The van der Waals surface area contributed by atoms with Crippen LogP contribution in [0.3, 0.4) is 0 Å². The van der Waals surface area contributed by atoms with Crippen molar-refractivity contribution < 1.29 is 9.53 Å². The van der Waals surface area contributed by atoms with E-state index in [1.807, 2.05) is 71.4 Å². The molecule has 3 aromatic rings. The molecule has 2 heterocycles. The second-order valence-corrected chi connectivity index (χ2v) is 6.44. The summed E-state index contributed by atoms with van der Waals surface area (Å²) in [5, 5.41) is 0. The summed E-state index contributed by atoms with van der Waals surface area (Å²) in [6.07, 6.45) is 2.62. The molecular formula is C22H20N2O2. The van der Waals surface area contributed by atoms with Gasteiger partial charge >= 0.3 is 0 Å². The number of aromatic nitrogens is 1. The number of pyridine rings is 1. The molecule has 1 atom stereocenters. The predicted octanol–water partition coefficient (Wildman–Crippen LogP) is 3.22. The number of carbonyl (C=O) groups is 1. The molecule has 4 heteroatoms. The van der Waals surface area contributed by atoms with Crippen LogP contribution in [-0.2, 0) is 17.8 Å². The molecule has 0 saturated carbocycles. The molecule has 1 aliphatic rings. The van der Waals surface area contributed by atoms with Gasteiger partial charge in [-0.25, -0.2) is 0 Å². The zero-order valence-electron chi connectivity index (χ0n) is 14.4. The standard InChI is InChI=1S/C22H20N2O2/c25-22(19-14-18-10-4-5-11-20(18)26-16-19)23-21-12-6-7-13-24(21)15-17-8-2-1-3-9-17/h1-13,19H,14-16H2. The molecule has 0 saturated heterocycles. The number of fused-ring (bicyclic) bond motifs is 1. The Labute approximate surface area is 152 Å². The van der Waals surface area contributed by atoms with Gasteiger partial charge in [0, 0.05) is 12.7 Å². The van der Waals surface area contributed by atoms with Gasteiger partial charge in [-0.3, -0.25) is 4.79 Å². The van der Waals surface area contributed by atoms with Crippen LogP contribution in [-0.4, -0.2) is 17.1 Å². The molecule has 26 heavy (non-hydrogen) atoms. The maximum Gasteiger partial charge on any atom is 0.254 e. The van der Waals surface area contributed by atoms with Gasteiger partial charge < -0.3 is 9.30 Å². The van der Waals surface area contributed by atoms with Crippen LogP contribution in [0.2, 0.25) is 0 Å². The van der Waals surface area contributed by atoms with Crippen molar-refractivity contribution in [1.29, 1.82) is 0 Å². The van der Waals surface area contributed by atoms with E-state index in [1.165, 1.54) is 5.56 Å². The van der Waals surface area contributed by atoms with Gasteiger partial charge in [0.1, 0.15) is 17.8 Å².